The zero-order valence-electron chi connectivity index (χ0n) is 11.0. The predicted molar refractivity (Wildman–Crippen MR) is 67.2 cm³/mol. The van der Waals surface area contributed by atoms with Gasteiger partial charge in [0.25, 0.3) is 0 Å². The summed E-state index contributed by atoms with van der Waals surface area (Å²) in [6.07, 6.45) is 4.01. The first-order valence-electron chi connectivity index (χ1n) is 6.49. The summed E-state index contributed by atoms with van der Waals surface area (Å²) < 4.78 is 0. The third-order valence-electron chi connectivity index (χ3n) is 3.64. The van der Waals surface area contributed by atoms with E-state index in [0.717, 1.165) is 6.54 Å². The van der Waals surface area contributed by atoms with Crippen LogP contribution in [0.1, 0.15) is 47.0 Å². The fraction of sp³-hybridized carbons (Fsp3) is 1.00. The Morgan fingerprint density at radius 2 is 1.87 bits per heavy atom. The molecule has 1 aliphatic rings. The van der Waals surface area contributed by atoms with Gasteiger partial charge >= 0.3 is 0 Å². The van der Waals surface area contributed by atoms with Gasteiger partial charge in [-0.1, -0.05) is 20.8 Å². The highest BCUT2D eigenvalue weighted by molar-refractivity contribution is 4.79. The molecule has 0 bridgehead atoms. The van der Waals surface area contributed by atoms with Crippen molar-refractivity contribution in [1.82, 2.24) is 10.2 Å². The lowest BCUT2D eigenvalue weighted by Crippen LogP contribution is -2.39. The Bertz CT molecular complexity index is 167. The predicted octanol–water partition coefficient (Wildman–Crippen LogP) is 2.50. The molecule has 15 heavy (non-hydrogen) atoms. The lowest BCUT2D eigenvalue weighted by Gasteiger charge is -2.37. The molecule has 0 amide bonds. The van der Waals surface area contributed by atoms with Gasteiger partial charge in [0.15, 0.2) is 0 Å². The van der Waals surface area contributed by atoms with Crippen LogP contribution in [0.5, 0.6) is 0 Å². The van der Waals surface area contributed by atoms with E-state index in [0.29, 0.717) is 11.5 Å². The van der Waals surface area contributed by atoms with Gasteiger partial charge in [-0.05, 0) is 57.8 Å². The van der Waals surface area contributed by atoms with Crippen molar-refractivity contribution >= 4 is 0 Å². The summed E-state index contributed by atoms with van der Waals surface area (Å²) in [4.78, 5) is 2.62. The van der Waals surface area contributed by atoms with Crippen LogP contribution in [-0.4, -0.2) is 37.1 Å². The second kappa shape index (κ2) is 5.86. The first-order valence-corrected chi connectivity index (χ1v) is 6.49. The smallest absolute Gasteiger partial charge is 0.00507 e. The largest absolute Gasteiger partial charge is 0.314 e. The Kier molecular flexibility index (Phi) is 5.07. The van der Waals surface area contributed by atoms with Crippen molar-refractivity contribution in [2.24, 2.45) is 5.41 Å². The minimum Gasteiger partial charge on any atom is -0.314 e. The van der Waals surface area contributed by atoms with Crippen molar-refractivity contribution in [3.05, 3.63) is 0 Å². The maximum Gasteiger partial charge on any atom is 0.00507 e. The van der Waals surface area contributed by atoms with Crippen molar-refractivity contribution < 1.29 is 0 Å². The summed E-state index contributed by atoms with van der Waals surface area (Å²) in [6, 6.07) is 0.671. The summed E-state index contributed by atoms with van der Waals surface area (Å²) in [5, 5.41) is 3.47. The zero-order chi connectivity index (χ0) is 11.3. The number of hydrogen-bond donors (Lipinski definition) is 1. The highest BCUT2D eigenvalue weighted by Gasteiger charge is 2.24. The molecule has 1 unspecified atom stereocenters. The van der Waals surface area contributed by atoms with Crippen LogP contribution in [0.15, 0.2) is 0 Å². The molecule has 1 atom stereocenters. The number of nitrogens with zero attached hydrogens (tertiary/aromatic N) is 1. The molecular weight excluding hydrogens is 184 g/mol. The van der Waals surface area contributed by atoms with E-state index in [1.807, 2.05) is 0 Å². The molecule has 0 saturated carbocycles. The summed E-state index contributed by atoms with van der Waals surface area (Å²) in [7, 11) is 0. The van der Waals surface area contributed by atoms with E-state index >= 15 is 0 Å². The van der Waals surface area contributed by atoms with Gasteiger partial charge in [0, 0.05) is 6.04 Å². The maximum absolute atomic E-state index is 3.47. The first-order chi connectivity index (χ1) is 7.03. The van der Waals surface area contributed by atoms with Gasteiger partial charge in [-0.2, -0.15) is 0 Å². The summed E-state index contributed by atoms with van der Waals surface area (Å²) in [5.74, 6) is 0. The molecule has 2 heteroatoms. The normalized spacial score (nSPS) is 24.0. The number of likely N-dealkylation sites (tertiary alicyclic amines) is 1. The van der Waals surface area contributed by atoms with E-state index in [-0.39, 0.29) is 0 Å². The summed E-state index contributed by atoms with van der Waals surface area (Å²) in [5.41, 5.74) is 0.587. The fourth-order valence-electron chi connectivity index (χ4n) is 2.21. The molecule has 0 aromatic heterocycles. The molecular formula is C13H28N2. The van der Waals surface area contributed by atoms with Gasteiger partial charge < -0.3 is 10.2 Å². The van der Waals surface area contributed by atoms with Crippen LogP contribution in [-0.2, 0) is 0 Å². The van der Waals surface area contributed by atoms with Crippen LogP contribution in [0.25, 0.3) is 0 Å². The van der Waals surface area contributed by atoms with Gasteiger partial charge in [-0.3, -0.25) is 0 Å². The van der Waals surface area contributed by atoms with Gasteiger partial charge in [-0.15, -0.1) is 0 Å². The second-order valence-corrected chi connectivity index (χ2v) is 5.75. The Balaban J connectivity index is 2.13. The van der Waals surface area contributed by atoms with Crippen LogP contribution >= 0.6 is 0 Å². The maximum atomic E-state index is 3.47. The minimum absolute atomic E-state index is 0.587. The SMILES string of the molecule is CCNC(C)CCN1CCC(C)(C)CC1. The quantitative estimate of drug-likeness (QED) is 0.753. The van der Waals surface area contributed by atoms with Crippen LogP contribution < -0.4 is 5.32 Å². The molecule has 0 aromatic carbocycles. The molecule has 1 rings (SSSR count). The standard InChI is InChI=1S/C13H28N2/c1-5-14-12(2)6-9-15-10-7-13(3,4)8-11-15/h12,14H,5-11H2,1-4H3. The van der Waals surface area contributed by atoms with Crippen molar-refractivity contribution in [2.45, 2.75) is 53.0 Å². The van der Waals surface area contributed by atoms with Crippen LogP contribution in [0.3, 0.4) is 0 Å². The molecule has 0 spiro atoms. The number of piperidine rings is 1. The number of rotatable bonds is 5. The Morgan fingerprint density at radius 1 is 1.27 bits per heavy atom. The zero-order valence-corrected chi connectivity index (χ0v) is 11.0. The first kappa shape index (κ1) is 13.0. The highest BCUT2D eigenvalue weighted by atomic mass is 15.1. The Morgan fingerprint density at radius 3 is 2.40 bits per heavy atom. The molecule has 2 nitrogen and oxygen atoms in total. The van der Waals surface area contributed by atoms with E-state index in [1.54, 1.807) is 0 Å². The lowest BCUT2D eigenvalue weighted by molar-refractivity contribution is 0.129. The van der Waals surface area contributed by atoms with E-state index in [4.69, 9.17) is 0 Å². The molecule has 1 heterocycles. The van der Waals surface area contributed by atoms with Gasteiger partial charge in [-0.25, -0.2) is 0 Å². The van der Waals surface area contributed by atoms with Crippen molar-refractivity contribution in [3.63, 3.8) is 0 Å². The third kappa shape index (κ3) is 4.98. The average Bonchev–Trinajstić information content (AvgIpc) is 2.17. The molecule has 1 N–H and O–H groups in total. The van der Waals surface area contributed by atoms with Crippen molar-refractivity contribution in [1.29, 1.82) is 0 Å². The molecule has 1 fully saturated rings. The van der Waals surface area contributed by atoms with E-state index in [1.165, 1.54) is 38.9 Å². The second-order valence-electron chi connectivity index (χ2n) is 5.75. The van der Waals surface area contributed by atoms with Crippen LogP contribution in [0, 0.1) is 5.41 Å². The molecule has 1 saturated heterocycles. The van der Waals surface area contributed by atoms with Crippen LogP contribution in [0.2, 0.25) is 0 Å². The van der Waals surface area contributed by atoms with Gasteiger partial charge in [0.1, 0.15) is 0 Å². The number of hydrogen-bond acceptors (Lipinski definition) is 2. The highest BCUT2D eigenvalue weighted by Crippen LogP contribution is 2.29. The van der Waals surface area contributed by atoms with E-state index < -0.39 is 0 Å². The summed E-state index contributed by atoms with van der Waals surface area (Å²) >= 11 is 0. The average molecular weight is 212 g/mol. The molecule has 1 aliphatic heterocycles. The van der Waals surface area contributed by atoms with Gasteiger partial charge in [0.05, 0.1) is 0 Å². The Labute approximate surface area is 95.4 Å². The fourth-order valence-corrected chi connectivity index (χ4v) is 2.21. The van der Waals surface area contributed by atoms with E-state index in [9.17, 15) is 0 Å². The third-order valence-corrected chi connectivity index (χ3v) is 3.64. The monoisotopic (exact) mass is 212 g/mol. The minimum atomic E-state index is 0.587. The molecule has 0 aliphatic carbocycles. The molecule has 0 aromatic rings. The molecule has 90 valence electrons. The lowest BCUT2D eigenvalue weighted by atomic mass is 9.82. The van der Waals surface area contributed by atoms with Crippen molar-refractivity contribution in [2.75, 3.05) is 26.2 Å². The molecule has 0 radical (unpaired) electrons. The van der Waals surface area contributed by atoms with Gasteiger partial charge in [0.2, 0.25) is 0 Å². The number of nitrogens with one attached hydrogen (secondary N) is 1. The van der Waals surface area contributed by atoms with Crippen molar-refractivity contribution in [3.8, 4) is 0 Å². The van der Waals surface area contributed by atoms with E-state index in [2.05, 4.69) is 37.9 Å². The van der Waals surface area contributed by atoms with Crippen LogP contribution in [0.4, 0.5) is 0 Å². The summed E-state index contributed by atoms with van der Waals surface area (Å²) in [6.45, 7) is 14.2. The Hall–Kier alpha value is -0.0800. The topological polar surface area (TPSA) is 15.3 Å².